The van der Waals surface area contributed by atoms with E-state index in [1.807, 2.05) is 42.7 Å². The Morgan fingerprint density at radius 3 is 2.53 bits per heavy atom. The average Bonchev–Trinajstić information content (AvgIpc) is 3.00. The maximum absolute atomic E-state index is 12.5. The number of non-ortho nitro benzene ring substituents is 1. The number of aryl methyl sites for hydroxylation is 1. The Morgan fingerprint density at radius 2 is 1.90 bits per heavy atom. The molecule has 0 aliphatic carbocycles. The van der Waals surface area contributed by atoms with Crippen LogP contribution in [0.4, 0.5) is 11.4 Å². The van der Waals surface area contributed by atoms with E-state index in [1.165, 1.54) is 30.3 Å². The Bertz CT molecular complexity index is 1200. The maximum atomic E-state index is 12.5. The number of hydrogen-bond donors (Lipinski definition) is 1. The van der Waals surface area contributed by atoms with E-state index in [9.17, 15) is 20.2 Å². The van der Waals surface area contributed by atoms with Crippen molar-refractivity contribution in [2.24, 2.45) is 0 Å². The van der Waals surface area contributed by atoms with E-state index < -0.39 is 10.8 Å². The first-order valence-corrected chi connectivity index (χ1v) is 9.30. The molecule has 0 saturated carbocycles. The minimum Gasteiger partial charge on any atom is -0.321 e. The first kappa shape index (κ1) is 20.8. The number of nitro groups is 1. The molecule has 0 spiro atoms. The minimum absolute atomic E-state index is 0.113. The molecule has 0 radical (unpaired) electrons. The van der Waals surface area contributed by atoms with Gasteiger partial charge in [0.2, 0.25) is 0 Å². The third-order valence-electron chi connectivity index (χ3n) is 4.53. The molecule has 0 bridgehead atoms. The number of carbonyl (C=O) groups excluding carboxylic acids is 1. The van der Waals surface area contributed by atoms with Crippen molar-refractivity contribution < 1.29 is 9.72 Å². The zero-order valence-corrected chi connectivity index (χ0v) is 17.0. The lowest BCUT2D eigenvalue weighted by atomic mass is 10.1. The number of amides is 1. The topological polar surface area (TPSA) is 101 Å². The van der Waals surface area contributed by atoms with Crippen molar-refractivity contribution in [2.75, 3.05) is 5.32 Å². The fourth-order valence-electron chi connectivity index (χ4n) is 3.12. The normalized spacial score (nSPS) is 11.1. The van der Waals surface area contributed by atoms with Crippen molar-refractivity contribution in [3.05, 3.63) is 92.3 Å². The predicted octanol–water partition coefficient (Wildman–Crippen LogP) is 5.20. The summed E-state index contributed by atoms with van der Waals surface area (Å²) in [5, 5.41) is 23.5. The van der Waals surface area contributed by atoms with Crippen molar-refractivity contribution in [1.29, 1.82) is 5.26 Å². The summed E-state index contributed by atoms with van der Waals surface area (Å²) < 4.78 is 2.00. The number of halogens is 1. The molecule has 1 aromatic heterocycles. The summed E-state index contributed by atoms with van der Waals surface area (Å²) in [4.78, 5) is 22.9. The van der Waals surface area contributed by atoms with Gasteiger partial charge in [0, 0.05) is 39.9 Å². The van der Waals surface area contributed by atoms with E-state index in [0.717, 1.165) is 17.1 Å². The molecule has 0 atom stereocenters. The molecule has 3 rings (SSSR count). The second kappa shape index (κ2) is 8.64. The van der Waals surface area contributed by atoms with Gasteiger partial charge in [-0.3, -0.25) is 14.9 Å². The number of carbonyl (C=O) groups is 1. The van der Waals surface area contributed by atoms with Gasteiger partial charge in [0.05, 0.1) is 4.92 Å². The van der Waals surface area contributed by atoms with Gasteiger partial charge in [0.15, 0.2) is 0 Å². The largest absolute Gasteiger partial charge is 0.321 e. The fourth-order valence-corrected chi connectivity index (χ4v) is 3.25. The number of rotatable bonds is 5. The number of anilines is 1. The van der Waals surface area contributed by atoms with Gasteiger partial charge in [-0.15, -0.1) is 0 Å². The van der Waals surface area contributed by atoms with Crippen molar-refractivity contribution in [3.63, 3.8) is 0 Å². The van der Waals surface area contributed by atoms with Gasteiger partial charge in [0.25, 0.3) is 11.6 Å². The SMILES string of the molecule is Cc1cc(/C=C(\C#N)C(=O)Nc2cccc([N+](=O)[O-])c2)c(C)n1-c1ccc(Cl)cc1. The first-order chi connectivity index (χ1) is 14.3. The molecule has 0 fully saturated rings. The zero-order valence-electron chi connectivity index (χ0n) is 16.2. The Kier molecular flexibility index (Phi) is 6.00. The van der Waals surface area contributed by atoms with Crippen molar-refractivity contribution in [2.45, 2.75) is 13.8 Å². The van der Waals surface area contributed by atoms with Gasteiger partial charge in [0.1, 0.15) is 11.6 Å². The highest BCUT2D eigenvalue weighted by Gasteiger charge is 2.15. The molecule has 150 valence electrons. The minimum atomic E-state index is -0.644. The number of hydrogen-bond acceptors (Lipinski definition) is 4. The number of nitriles is 1. The van der Waals surface area contributed by atoms with Crippen LogP contribution in [0.1, 0.15) is 17.0 Å². The van der Waals surface area contributed by atoms with Crippen LogP contribution in [0.3, 0.4) is 0 Å². The van der Waals surface area contributed by atoms with Crippen molar-refractivity contribution >= 4 is 35.0 Å². The third-order valence-corrected chi connectivity index (χ3v) is 4.79. The van der Waals surface area contributed by atoms with Crippen LogP contribution in [0.2, 0.25) is 5.02 Å². The lowest BCUT2D eigenvalue weighted by Crippen LogP contribution is -2.13. The second-order valence-electron chi connectivity index (χ2n) is 6.57. The summed E-state index contributed by atoms with van der Waals surface area (Å²) in [7, 11) is 0. The summed E-state index contributed by atoms with van der Waals surface area (Å²) in [6.07, 6.45) is 1.50. The molecular formula is C22H17ClN4O3. The summed E-state index contributed by atoms with van der Waals surface area (Å²) in [6, 6.07) is 16.7. The zero-order chi connectivity index (χ0) is 21.8. The molecule has 0 aliphatic rings. The van der Waals surface area contributed by atoms with Crippen LogP contribution in [-0.2, 0) is 4.79 Å². The quantitative estimate of drug-likeness (QED) is 0.265. The average molecular weight is 421 g/mol. The molecule has 30 heavy (non-hydrogen) atoms. The van der Waals surface area contributed by atoms with E-state index >= 15 is 0 Å². The Labute approximate surface area is 178 Å². The first-order valence-electron chi connectivity index (χ1n) is 8.92. The fraction of sp³-hybridized carbons (Fsp3) is 0.0909. The van der Waals surface area contributed by atoms with E-state index in [0.29, 0.717) is 10.6 Å². The molecule has 7 nitrogen and oxygen atoms in total. The Morgan fingerprint density at radius 1 is 1.20 bits per heavy atom. The lowest BCUT2D eigenvalue weighted by molar-refractivity contribution is -0.384. The highest BCUT2D eigenvalue weighted by molar-refractivity contribution is 6.30. The smallest absolute Gasteiger partial charge is 0.271 e. The van der Waals surface area contributed by atoms with Crippen LogP contribution >= 0.6 is 11.6 Å². The summed E-state index contributed by atoms with van der Waals surface area (Å²) >= 11 is 5.96. The molecule has 1 N–H and O–H groups in total. The van der Waals surface area contributed by atoms with E-state index in [2.05, 4.69) is 5.32 Å². The van der Waals surface area contributed by atoms with Crippen LogP contribution in [-0.4, -0.2) is 15.4 Å². The number of aromatic nitrogens is 1. The van der Waals surface area contributed by atoms with Gasteiger partial charge >= 0.3 is 0 Å². The molecule has 3 aromatic rings. The Balaban J connectivity index is 1.91. The third kappa shape index (κ3) is 4.40. The molecule has 8 heteroatoms. The number of nitro benzene ring substituents is 1. The molecule has 0 unspecified atom stereocenters. The summed E-state index contributed by atoms with van der Waals surface area (Å²) in [5.74, 6) is -0.644. The van der Waals surface area contributed by atoms with Crippen molar-refractivity contribution in [1.82, 2.24) is 4.57 Å². The van der Waals surface area contributed by atoms with Gasteiger partial charge < -0.3 is 9.88 Å². The standard InChI is InChI=1S/C22H17ClN4O3/c1-14-10-16(15(2)26(14)20-8-6-18(23)7-9-20)11-17(13-24)22(28)25-19-4-3-5-21(12-19)27(29)30/h3-12H,1-2H3,(H,25,28)/b17-11+. The van der Waals surface area contributed by atoms with E-state index in [1.54, 1.807) is 12.1 Å². The second-order valence-corrected chi connectivity index (χ2v) is 7.01. The monoisotopic (exact) mass is 420 g/mol. The number of benzene rings is 2. The maximum Gasteiger partial charge on any atom is 0.271 e. The van der Waals surface area contributed by atoms with Gasteiger partial charge in [-0.25, -0.2) is 0 Å². The van der Waals surface area contributed by atoms with Crippen LogP contribution in [0.5, 0.6) is 0 Å². The predicted molar refractivity (Wildman–Crippen MR) is 116 cm³/mol. The molecule has 1 amide bonds. The van der Waals surface area contributed by atoms with E-state index in [-0.39, 0.29) is 16.9 Å². The van der Waals surface area contributed by atoms with E-state index in [4.69, 9.17) is 11.6 Å². The number of nitrogens with zero attached hydrogens (tertiary/aromatic N) is 3. The summed E-state index contributed by atoms with van der Waals surface area (Å²) in [5.41, 5.74) is 3.38. The highest BCUT2D eigenvalue weighted by atomic mass is 35.5. The molecular weight excluding hydrogens is 404 g/mol. The van der Waals surface area contributed by atoms with Gasteiger partial charge in [-0.2, -0.15) is 5.26 Å². The van der Waals surface area contributed by atoms with Crippen molar-refractivity contribution in [3.8, 4) is 11.8 Å². The van der Waals surface area contributed by atoms with Crippen LogP contribution in [0.15, 0.2) is 60.2 Å². The lowest BCUT2D eigenvalue weighted by Gasteiger charge is -2.09. The van der Waals surface area contributed by atoms with Crippen LogP contribution in [0, 0.1) is 35.3 Å². The molecule has 2 aromatic carbocycles. The highest BCUT2D eigenvalue weighted by Crippen LogP contribution is 2.24. The molecule has 0 saturated heterocycles. The molecule has 0 aliphatic heterocycles. The van der Waals surface area contributed by atoms with Gasteiger partial charge in [-0.05, 0) is 61.9 Å². The Hall–Kier alpha value is -3.89. The van der Waals surface area contributed by atoms with Crippen LogP contribution in [0.25, 0.3) is 11.8 Å². The molecule has 1 heterocycles. The van der Waals surface area contributed by atoms with Crippen LogP contribution < -0.4 is 5.32 Å². The number of nitrogens with one attached hydrogen (secondary N) is 1. The summed E-state index contributed by atoms with van der Waals surface area (Å²) in [6.45, 7) is 3.81. The van der Waals surface area contributed by atoms with Gasteiger partial charge in [-0.1, -0.05) is 17.7 Å².